The highest BCUT2D eigenvalue weighted by Crippen LogP contribution is 2.42. The first kappa shape index (κ1) is 19.1. The van der Waals surface area contributed by atoms with E-state index < -0.39 is 0 Å². The van der Waals surface area contributed by atoms with E-state index in [9.17, 15) is 9.18 Å². The number of hydrogen-bond donors (Lipinski definition) is 1. The first-order chi connectivity index (χ1) is 13.5. The molecule has 2 aromatic heterocycles. The predicted molar refractivity (Wildman–Crippen MR) is 110 cm³/mol. The van der Waals surface area contributed by atoms with E-state index in [1.165, 1.54) is 23.9 Å². The molecular weight excluding hydrogens is 395 g/mol. The lowest BCUT2D eigenvalue weighted by Crippen LogP contribution is -2.33. The monoisotopic (exact) mass is 416 g/mol. The molecule has 1 fully saturated rings. The van der Waals surface area contributed by atoms with Crippen molar-refractivity contribution in [3.05, 3.63) is 53.2 Å². The van der Waals surface area contributed by atoms with Crippen LogP contribution >= 0.6 is 23.1 Å². The second kappa shape index (κ2) is 8.05. The third kappa shape index (κ3) is 4.12. The number of thiophene rings is 1. The van der Waals surface area contributed by atoms with Gasteiger partial charge in [-0.25, -0.2) is 4.39 Å². The third-order valence-electron chi connectivity index (χ3n) is 4.70. The van der Waals surface area contributed by atoms with Crippen LogP contribution in [-0.4, -0.2) is 25.9 Å². The molecule has 2 atom stereocenters. The molecule has 0 saturated heterocycles. The normalized spacial score (nSPS) is 16.0. The third-order valence-corrected chi connectivity index (χ3v) is 6.62. The Morgan fingerprint density at radius 2 is 2.00 bits per heavy atom. The molecule has 0 bridgehead atoms. The van der Waals surface area contributed by atoms with Crippen LogP contribution in [0.2, 0.25) is 0 Å². The summed E-state index contributed by atoms with van der Waals surface area (Å²) in [5, 5.41) is 14.2. The van der Waals surface area contributed by atoms with Crippen molar-refractivity contribution in [2.24, 2.45) is 0 Å². The Bertz CT molecular complexity index is 951. The molecule has 5 nitrogen and oxygen atoms in total. The zero-order chi connectivity index (χ0) is 19.7. The Hall–Kier alpha value is -2.19. The summed E-state index contributed by atoms with van der Waals surface area (Å²) < 4.78 is 15.3. The fourth-order valence-electron chi connectivity index (χ4n) is 2.97. The van der Waals surface area contributed by atoms with E-state index in [1.807, 2.05) is 31.4 Å². The lowest BCUT2D eigenvalue weighted by Gasteiger charge is -2.18. The topological polar surface area (TPSA) is 59.8 Å². The smallest absolute Gasteiger partial charge is 0.233 e. The molecule has 0 radical (unpaired) electrons. The van der Waals surface area contributed by atoms with Gasteiger partial charge in [0.1, 0.15) is 5.82 Å². The van der Waals surface area contributed by atoms with Crippen LogP contribution in [0.5, 0.6) is 0 Å². The Balaban J connectivity index is 1.45. The highest BCUT2D eigenvalue weighted by atomic mass is 32.2. The highest BCUT2D eigenvalue weighted by Gasteiger charge is 2.32. The Labute approximate surface area is 171 Å². The number of nitrogens with one attached hydrogen (secondary N) is 1. The maximum atomic E-state index is 13.1. The largest absolute Gasteiger partial charge is 0.349 e. The number of carbonyl (C=O) groups excluding carboxylic acids is 1. The van der Waals surface area contributed by atoms with Crippen molar-refractivity contribution in [1.29, 1.82) is 0 Å². The number of amides is 1. The summed E-state index contributed by atoms with van der Waals surface area (Å²) >= 11 is 3.07. The summed E-state index contributed by atoms with van der Waals surface area (Å²) in [4.78, 5) is 13.8. The summed E-state index contributed by atoms with van der Waals surface area (Å²) in [6.07, 6.45) is 2.23. The maximum absolute atomic E-state index is 13.1. The number of carbonyl (C=O) groups is 1. The van der Waals surface area contributed by atoms with Crippen LogP contribution in [0.25, 0.3) is 10.7 Å². The van der Waals surface area contributed by atoms with Gasteiger partial charge in [0.2, 0.25) is 5.91 Å². The van der Waals surface area contributed by atoms with Crippen LogP contribution in [0.4, 0.5) is 4.39 Å². The molecule has 8 heteroatoms. The molecular formula is C20H21FN4OS2. The van der Waals surface area contributed by atoms with Crippen molar-refractivity contribution in [2.45, 2.75) is 49.2 Å². The van der Waals surface area contributed by atoms with E-state index in [-0.39, 0.29) is 23.0 Å². The van der Waals surface area contributed by atoms with Crippen molar-refractivity contribution in [3.8, 4) is 10.7 Å². The van der Waals surface area contributed by atoms with Gasteiger partial charge in [-0.15, -0.1) is 21.5 Å². The molecule has 4 rings (SSSR count). The molecule has 1 amide bonds. The average molecular weight is 417 g/mol. The molecule has 146 valence electrons. The van der Waals surface area contributed by atoms with Gasteiger partial charge in [-0.3, -0.25) is 9.36 Å². The summed E-state index contributed by atoms with van der Waals surface area (Å²) in [7, 11) is 0. The SMILES string of the molecule is C[C@H](NC(=O)[C@@H](C)Sc1nnc(-c2cccs2)n1C1CC1)c1ccc(F)cc1. The fourth-order valence-corrected chi connectivity index (χ4v) is 4.60. The summed E-state index contributed by atoms with van der Waals surface area (Å²) in [5.41, 5.74) is 0.869. The molecule has 2 heterocycles. The second-order valence-electron chi connectivity index (χ2n) is 6.93. The zero-order valence-corrected chi connectivity index (χ0v) is 17.3. The molecule has 1 N–H and O–H groups in total. The van der Waals surface area contributed by atoms with Crippen molar-refractivity contribution in [3.63, 3.8) is 0 Å². The van der Waals surface area contributed by atoms with Gasteiger partial charge in [-0.1, -0.05) is 30.0 Å². The Morgan fingerprint density at radius 1 is 1.25 bits per heavy atom. The molecule has 1 aromatic carbocycles. The minimum absolute atomic E-state index is 0.0788. The molecule has 3 aromatic rings. The van der Waals surface area contributed by atoms with Crippen LogP contribution < -0.4 is 5.32 Å². The van der Waals surface area contributed by atoms with Crippen LogP contribution in [0, 0.1) is 5.82 Å². The van der Waals surface area contributed by atoms with Crippen LogP contribution in [0.3, 0.4) is 0 Å². The van der Waals surface area contributed by atoms with Gasteiger partial charge >= 0.3 is 0 Å². The second-order valence-corrected chi connectivity index (χ2v) is 9.18. The number of thioether (sulfide) groups is 1. The van der Waals surface area contributed by atoms with Gasteiger partial charge in [0.15, 0.2) is 11.0 Å². The number of nitrogens with zero attached hydrogens (tertiary/aromatic N) is 3. The molecule has 0 unspecified atom stereocenters. The molecule has 1 aliphatic carbocycles. The van der Waals surface area contributed by atoms with Crippen LogP contribution in [0.1, 0.15) is 44.3 Å². The zero-order valence-electron chi connectivity index (χ0n) is 15.6. The van der Waals surface area contributed by atoms with Gasteiger partial charge in [0.05, 0.1) is 16.2 Å². The number of hydrogen-bond acceptors (Lipinski definition) is 5. The average Bonchev–Trinajstić information content (AvgIpc) is 3.20. The number of benzene rings is 1. The molecule has 28 heavy (non-hydrogen) atoms. The number of aromatic nitrogens is 3. The lowest BCUT2D eigenvalue weighted by atomic mass is 10.1. The fraction of sp³-hybridized carbons (Fsp3) is 0.350. The van der Waals surface area contributed by atoms with E-state index >= 15 is 0 Å². The molecule has 0 spiro atoms. The van der Waals surface area contributed by atoms with Gasteiger partial charge in [0.25, 0.3) is 0 Å². The van der Waals surface area contributed by atoms with Crippen LogP contribution in [-0.2, 0) is 4.79 Å². The van der Waals surface area contributed by atoms with Crippen molar-refractivity contribution >= 4 is 29.0 Å². The van der Waals surface area contributed by atoms with Crippen molar-refractivity contribution in [1.82, 2.24) is 20.1 Å². The van der Waals surface area contributed by atoms with Crippen LogP contribution in [0.15, 0.2) is 46.9 Å². The van der Waals surface area contributed by atoms with E-state index in [0.29, 0.717) is 6.04 Å². The highest BCUT2D eigenvalue weighted by molar-refractivity contribution is 8.00. The lowest BCUT2D eigenvalue weighted by molar-refractivity contribution is -0.120. The van der Waals surface area contributed by atoms with E-state index in [0.717, 1.165) is 34.3 Å². The van der Waals surface area contributed by atoms with Crippen molar-refractivity contribution < 1.29 is 9.18 Å². The summed E-state index contributed by atoms with van der Waals surface area (Å²) in [6.45, 7) is 3.76. The minimum Gasteiger partial charge on any atom is -0.349 e. The first-order valence-corrected chi connectivity index (χ1v) is 11.0. The van der Waals surface area contributed by atoms with Crippen molar-refractivity contribution in [2.75, 3.05) is 0 Å². The molecule has 1 saturated carbocycles. The number of halogens is 1. The van der Waals surface area contributed by atoms with E-state index in [1.54, 1.807) is 23.5 Å². The summed E-state index contributed by atoms with van der Waals surface area (Å²) in [5.74, 6) is 0.518. The Morgan fingerprint density at radius 3 is 2.64 bits per heavy atom. The standard InChI is InChI=1S/C20H21FN4OS2/c1-12(14-5-7-15(21)8-6-14)22-19(26)13(2)28-20-24-23-18(17-4-3-11-27-17)25(20)16-9-10-16/h3-8,11-13,16H,9-10H2,1-2H3,(H,22,26)/t12-,13+/m0/s1. The van der Waals surface area contributed by atoms with Gasteiger partial charge in [-0.05, 0) is 55.8 Å². The number of rotatable bonds is 7. The first-order valence-electron chi connectivity index (χ1n) is 9.24. The predicted octanol–water partition coefficient (Wildman–Crippen LogP) is 4.84. The molecule has 1 aliphatic rings. The Kier molecular flexibility index (Phi) is 5.50. The van der Waals surface area contributed by atoms with Gasteiger partial charge < -0.3 is 5.32 Å². The molecule has 0 aliphatic heterocycles. The van der Waals surface area contributed by atoms with E-state index in [2.05, 4.69) is 20.1 Å². The minimum atomic E-state index is -0.319. The van der Waals surface area contributed by atoms with Gasteiger partial charge in [0, 0.05) is 6.04 Å². The summed E-state index contributed by atoms with van der Waals surface area (Å²) in [6, 6.07) is 10.5. The maximum Gasteiger partial charge on any atom is 0.233 e. The van der Waals surface area contributed by atoms with Gasteiger partial charge in [-0.2, -0.15) is 0 Å². The van der Waals surface area contributed by atoms with E-state index in [4.69, 9.17) is 0 Å². The quantitative estimate of drug-likeness (QED) is 0.560.